The van der Waals surface area contributed by atoms with Crippen molar-refractivity contribution < 1.29 is 14.6 Å². The van der Waals surface area contributed by atoms with Gasteiger partial charge in [0.05, 0.1) is 0 Å². The quantitative estimate of drug-likeness (QED) is 0.517. The Morgan fingerprint density at radius 2 is 2.00 bits per heavy atom. The van der Waals surface area contributed by atoms with Gasteiger partial charge in [0.25, 0.3) is 0 Å². The number of ether oxygens (including phenoxy) is 1. The summed E-state index contributed by atoms with van der Waals surface area (Å²) in [5, 5.41) is 8.99. The topological polar surface area (TPSA) is 46.5 Å². The first-order valence-electron chi connectivity index (χ1n) is 4.61. The van der Waals surface area contributed by atoms with E-state index in [1.807, 2.05) is 35.3 Å². The van der Waals surface area contributed by atoms with Crippen LogP contribution in [0.2, 0.25) is 4.97 Å². The van der Waals surface area contributed by atoms with Gasteiger partial charge in [-0.3, -0.25) is 0 Å². The molecule has 2 atom stereocenters. The van der Waals surface area contributed by atoms with E-state index in [0.717, 1.165) is 5.56 Å². The van der Waals surface area contributed by atoms with Crippen LogP contribution in [0.3, 0.4) is 0 Å². The first-order valence-corrected chi connectivity index (χ1v) is 8.29. The molecule has 0 heterocycles. The molecule has 0 saturated carbocycles. The molecule has 1 aromatic carbocycles. The third kappa shape index (κ3) is 3.83. The van der Waals surface area contributed by atoms with Crippen molar-refractivity contribution in [3.63, 3.8) is 0 Å². The molecule has 0 aliphatic rings. The summed E-state index contributed by atoms with van der Waals surface area (Å²) >= 11 is -0.469. The molecule has 0 saturated heterocycles. The van der Waals surface area contributed by atoms with E-state index >= 15 is 0 Å². The molecule has 1 aromatic rings. The maximum atomic E-state index is 11.6. The van der Waals surface area contributed by atoms with Crippen molar-refractivity contribution in [3.05, 3.63) is 35.9 Å². The maximum absolute atomic E-state index is 11.6. The number of benzene rings is 1. The van der Waals surface area contributed by atoms with Gasteiger partial charge in [-0.05, 0) is 0 Å². The van der Waals surface area contributed by atoms with E-state index in [4.69, 9.17) is 9.84 Å². The molecule has 0 aliphatic heterocycles. The fraction of sp³-hybridized carbons (Fsp3) is 0.364. The van der Waals surface area contributed by atoms with E-state index in [1.165, 1.54) is 6.92 Å². The molecule has 0 fully saturated rings. The van der Waals surface area contributed by atoms with Crippen molar-refractivity contribution in [2.24, 2.45) is 0 Å². The van der Waals surface area contributed by atoms with Crippen LogP contribution in [0.25, 0.3) is 0 Å². The van der Waals surface area contributed by atoms with Crippen LogP contribution >= 0.6 is 0 Å². The zero-order valence-electron chi connectivity index (χ0n) is 8.71. The van der Waals surface area contributed by atoms with E-state index in [9.17, 15) is 4.79 Å². The predicted molar refractivity (Wildman–Crippen MR) is 58.6 cm³/mol. The summed E-state index contributed by atoms with van der Waals surface area (Å²) < 4.78 is 4.65. The zero-order chi connectivity index (χ0) is 11.3. The second kappa shape index (κ2) is 6.12. The Labute approximate surface area is 99.5 Å². The Balaban J connectivity index is 2.76. The molecule has 0 amide bonds. The van der Waals surface area contributed by atoms with Crippen LogP contribution in [0.1, 0.15) is 16.5 Å². The fourth-order valence-corrected chi connectivity index (χ4v) is 3.16. The second-order valence-electron chi connectivity index (χ2n) is 3.06. The standard InChI is InChI=1S/C11H14O3Te/c1-8(12)14-11(13)10(15-2)9-6-4-3-5-7-9/h3-8,10,12H,1-2H3. The number of carbonyl (C=O) groups excluding carboxylic acids is 1. The van der Waals surface area contributed by atoms with Crippen molar-refractivity contribution >= 4 is 26.9 Å². The SMILES string of the molecule is C[Te]C(C(=O)OC(C)O)c1ccccc1. The van der Waals surface area contributed by atoms with E-state index < -0.39 is 27.2 Å². The molecular weight excluding hydrogens is 308 g/mol. The van der Waals surface area contributed by atoms with Crippen molar-refractivity contribution in [2.45, 2.75) is 22.2 Å². The molecule has 0 spiro atoms. The van der Waals surface area contributed by atoms with Gasteiger partial charge in [-0.25, -0.2) is 0 Å². The molecular formula is C11H14O3Te. The number of aliphatic hydroxyl groups is 1. The van der Waals surface area contributed by atoms with Crippen LogP contribution in [0.5, 0.6) is 0 Å². The Kier molecular flexibility index (Phi) is 5.10. The third-order valence-electron chi connectivity index (χ3n) is 1.84. The third-order valence-corrected chi connectivity index (χ3v) is 4.51. The molecule has 0 radical (unpaired) electrons. The Morgan fingerprint density at radius 3 is 2.47 bits per heavy atom. The number of rotatable bonds is 4. The van der Waals surface area contributed by atoms with Gasteiger partial charge in [0.2, 0.25) is 0 Å². The number of aliphatic hydroxyl groups excluding tert-OH is 1. The zero-order valence-corrected chi connectivity index (χ0v) is 11.0. The summed E-state index contributed by atoms with van der Waals surface area (Å²) in [6.07, 6.45) is -1.03. The van der Waals surface area contributed by atoms with Crippen LogP contribution in [0, 0.1) is 0 Å². The van der Waals surface area contributed by atoms with E-state index in [2.05, 4.69) is 0 Å². The summed E-state index contributed by atoms with van der Waals surface area (Å²) in [7, 11) is 0. The molecule has 0 bridgehead atoms. The Bertz CT molecular complexity index is 311. The van der Waals surface area contributed by atoms with Gasteiger partial charge in [0.15, 0.2) is 0 Å². The van der Waals surface area contributed by atoms with Crippen LogP contribution in [0.4, 0.5) is 0 Å². The van der Waals surface area contributed by atoms with E-state index in [-0.39, 0.29) is 9.94 Å². The molecule has 0 aromatic heterocycles. The van der Waals surface area contributed by atoms with Gasteiger partial charge < -0.3 is 0 Å². The van der Waals surface area contributed by atoms with Crippen LogP contribution < -0.4 is 0 Å². The summed E-state index contributed by atoms with van der Waals surface area (Å²) in [5.74, 6) is -0.318. The first kappa shape index (κ1) is 12.5. The average Bonchev–Trinajstić information content (AvgIpc) is 2.19. The monoisotopic (exact) mass is 324 g/mol. The van der Waals surface area contributed by atoms with E-state index in [0.29, 0.717) is 0 Å². The van der Waals surface area contributed by atoms with Crippen molar-refractivity contribution in [1.29, 1.82) is 0 Å². The second-order valence-corrected chi connectivity index (χ2v) is 5.75. The van der Waals surface area contributed by atoms with Crippen molar-refractivity contribution in [2.75, 3.05) is 0 Å². The van der Waals surface area contributed by atoms with Crippen LogP contribution in [0.15, 0.2) is 30.3 Å². The summed E-state index contributed by atoms with van der Waals surface area (Å²) in [6, 6.07) is 9.56. The summed E-state index contributed by atoms with van der Waals surface area (Å²) in [6.45, 7) is 1.44. The van der Waals surface area contributed by atoms with Gasteiger partial charge in [0, 0.05) is 0 Å². The summed E-state index contributed by atoms with van der Waals surface area (Å²) in [5.41, 5.74) is 0.980. The normalized spacial score (nSPS) is 14.3. The number of esters is 1. The van der Waals surface area contributed by atoms with Crippen LogP contribution in [-0.2, 0) is 9.53 Å². The van der Waals surface area contributed by atoms with Crippen molar-refractivity contribution in [1.82, 2.24) is 0 Å². The molecule has 1 N–H and O–H groups in total. The van der Waals surface area contributed by atoms with Gasteiger partial charge >= 0.3 is 99.6 Å². The van der Waals surface area contributed by atoms with Gasteiger partial charge in [-0.1, -0.05) is 0 Å². The number of carbonyl (C=O) groups is 1. The van der Waals surface area contributed by atoms with E-state index in [1.54, 1.807) is 0 Å². The minimum absolute atomic E-state index is 0.161. The minimum atomic E-state index is -1.03. The molecule has 0 aliphatic carbocycles. The summed E-state index contributed by atoms with van der Waals surface area (Å²) in [4.78, 5) is 13.7. The van der Waals surface area contributed by atoms with Gasteiger partial charge in [-0.15, -0.1) is 0 Å². The molecule has 82 valence electrons. The van der Waals surface area contributed by atoms with Crippen molar-refractivity contribution in [3.8, 4) is 0 Å². The van der Waals surface area contributed by atoms with Gasteiger partial charge in [-0.2, -0.15) is 0 Å². The fourth-order valence-electron chi connectivity index (χ4n) is 1.23. The Hall–Kier alpha value is -0.560. The molecule has 15 heavy (non-hydrogen) atoms. The molecule has 3 nitrogen and oxygen atoms in total. The number of hydrogen-bond acceptors (Lipinski definition) is 3. The average molecular weight is 322 g/mol. The first-order chi connectivity index (χ1) is 7.15. The van der Waals surface area contributed by atoms with Crippen LogP contribution in [-0.4, -0.2) is 38.3 Å². The molecule has 4 heteroatoms. The predicted octanol–water partition coefficient (Wildman–Crippen LogP) is 1.36. The molecule has 1 rings (SSSR count). The van der Waals surface area contributed by atoms with Gasteiger partial charge in [0.1, 0.15) is 0 Å². The molecule has 2 unspecified atom stereocenters. The number of hydrogen-bond donors (Lipinski definition) is 1. The Morgan fingerprint density at radius 1 is 1.40 bits per heavy atom.